The number of hydrogen-bond donors (Lipinski definition) is 0. The molecular weight excluding hydrogens is 188 g/mol. The maximum atomic E-state index is 10.5. The van der Waals surface area contributed by atoms with E-state index in [2.05, 4.69) is 27.4 Å². The second-order valence-corrected chi connectivity index (χ2v) is 3.43. The van der Waals surface area contributed by atoms with Crippen molar-refractivity contribution in [1.82, 2.24) is 0 Å². The van der Waals surface area contributed by atoms with E-state index in [1.807, 2.05) is 0 Å². The smallest absolute Gasteiger partial charge is 0.330 e. The van der Waals surface area contributed by atoms with Gasteiger partial charge in [-0.15, -0.1) is 0 Å². The van der Waals surface area contributed by atoms with E-state index in [9.17, 15) is 4.79 Å². The molecule has 0 aromatic carbocycles. The molecule has 0 fully saturated rings. The Bertz CT molecular complexity index is 139. The third-order valence-corrected chi connectivity index (χ3v) is 1.91. The Morgan fingerprint density at radius 2 is 1.67 bits per heavy atom. The Hall–Kier alpha value is -0.790. The number of carbonyl (C=O) groups excluding carboxylic acids is 1. The lowest BCUT2D eigenvalue weighted by molar-refractivity contribution is -0.137. The molecule has 2 heteroatoms. The summed E-state index contributed by atoms with van der Waals surface area (Å²) in [6.45, 7) is 10.3. The van der Waals surface area contributed by atoms with Crippen LogP contribution in [0.4, 0.5) is 0 Å². The first-order valence-electron chi connectivity index (χ1n) is 6.02. The van der Waals surface area contributed by atoms with Crippen molar-refractivity contribution in [3.8, 4) is 0 Å². The summed E-state index contributed by atoms with van der Waals surface area (Å²) in [6.07, 6.45) is 8.36. The highest BCUT2D eigenvalue weighted by Gasteiger charge is 1.93. The molecule has 0 aliphatic carbocycles. The average molecular weight is 214 g/mol. The van der Waals surface area contributed by atoms with Crippen molar-refractivity contribution in [2.75, 3.05) is 6.61 Å². The van der Waals surface area contributed by atoms with Gasteiger partial charge < -0.3 is 4.74 Å². The zero-order valence-electron chi connectivity index (χ0n) is 10.6. The maximum absolute atomic E-state index is 10.5. The lowest BCUT2D eigenvalue weighted by Gasteiger charge is -1.99. The van der Waals surface area contributed by atoms with Crippen LogP contribution in [0.5, 0.6) is 0 Å². The fourth-order valence-corrected chi connectivity index (χ4v) is 0.761. The SMILES string of the molecule is C=CC(=O)OCCCCCC.CCCC. The van der Waals surface area contributed by atoms with Crippen LogP contribution in [0, 0.1) is 0 Å². The minimum absolute atomic E-state index is 0.318. The first kappa shape index (κ1) is 16.6. The van der Waals surface area contributed by atoms with E-state index >= 15 is 0 Å². The van der Waals surface area contributed by atoms with Gasteiger partial charge in [-0.25, -0.2) is 4.79 Å². The molecule has 0 aliphatic rings. The van der Waals surface area contributed by atoms with E-state index in [1.165, 1.54) is 31.8 Å². The van der Waals surface area contributed by atoms with Gasteiger partial charge in [-0.2, -0.15) is 0 Å². The fraction of sp³-hybridized carbons (Fsp3) is 0.769. The van der Waals surface area contributed by atoms with Gasteiger partial charge in [-0.05, 0) is 6.42 Å². The van der Waals surface area contributed by atoms with Crippen LogP contribution < -0.4 is 0 Å². The molecule has 90 valence electrons. The van der Waals surface area contributed by atoms with Gasteiger partial charge in [0.05, 0.1) is 6.61 Å². The Morgan fingerprint density at radius 1 is 1.07 bits per heavy atom. The van der Waals surface area contributed by atoms with E-state index in [0.29, 0.717) is 6.61 Å². The number of ether oxygens (including phenoxy) is 1. The van der Waals surface area contributed by atoms with Crippen LogP contribution in [0.1, 0.15) is 59.3 Å². The molecule has 0 aromatic rings. The van der Waals surface area contributed by atoms with Crippen LogP contribution in [0.15, 0.2) is 12.7 Å². The van der Waals surface area contributed by atoms with Gasteiger partial charge >= 0.3 is 5.97 Å². The first-order chi connectivity index (χ1) is 7.22. The standard InChI is InChI=1S/C9H16O2.C4H10/c1-3-5-6-7-8-11-9(10)4-2;1-3-4-2/h4H,2-3,5-8H2,1H3;3-4H2,1-2H3. The molecule has 2 nitrogen and oxygen atoms in total. The van der Waals surface area contributed by atoms with Crippen molar-refractivity contribution >= 4 is 5.97 Å². The van der Waals surface area contributed by atoms with E-state index < -0.39 is 0 Å². The lowest BCUT2D eigenvalue weighted by Crippen LogP contribution is -2.01. The van der Waals surface area contributed by atoms with Crippen LogP contribution in [0.3, 0.4) is 0 Å². The minimum atomic E-state index is -0.318. The predicted molar refractivity (Wildman–Crippen MR) is 65.9 cm³/mol. The van der Waals surface area contributed by atoms with Crippen molar-refractivity contribution in [2.45, 2.75) is 59.3 Å². The third-order valence-electron chi connectivity index (χ3n) is 1.91. The van der Waals surface area contributed by atoms with Gasteiger partial charge in [0.2, 0.25) is 0 Å². The lowest BCUT2D eigenvalue weighted by atomic mass is 10.2. The summed E-state index contributed by atoms with van der Waals surface area (Å²) in [6, 6.07) is 0. The number of unbranched alkanes of at least 4 members (excludes halogenated alkanes) is 4. The average Bonchev–Trinajstić information content (AvgIpc) is 2.28. The molecule has 0 unspecified atom stereocenters. The molecule has 0 spiro atoms. The molecule has 0 heterocycles. The summed E-state index contributed by atoms with van der Waals surface area (Å²) in [5, 5.41) is 0. The van der Waals surface area contributed by atoms with Crippen molar-refractivity contribution in [3.05, 3.63) is 12.7 Å². The van der Waals surface area contributed by atoms with Crippen molar-refractivity contribution in [1.29, 1.82) is 0 Å². The Morgan fingerprint density at radius 3 is 2.07 bits per heavy atom. The molecule has 0 amide bonds. The van der Waals surface area contributed by atoms with Crippen LogP contribution in [0.2, 0.25) is 0 Å². The molecule has 0 atom stereocenters. The van der Waals surface area contributed by atoms with Gasteiger partial charge in [-0.3, -0.25) is 0 Å². The zero-order valence-corrected chi connectivity index (χ0v) is 10.6. The second kappa shape index (κ2) is 15.7. The summed E-state index contributed by atoms with van der Waals surface area (Å²) in [4.78, 5) is 10.5. The number of hydrogen-bond acceptors (Lipinski definition) is 2. The van der Waals surface area contributed by atoms with Crippen LogP contribution in [-0.4, -0.2) is 12.6 Å². The normalized spacial score (nSPS) is 8.73. The third kappa shape index (κ3) is 19.6. The Labute approximate surface area is 94.7 Å². The first-order valence-corrected chi connectivity index (χ1v) is 6.02. The largest absolute Gasteiger partial charge is 0.463 e. The summed E-state index contributed by atoms with van der Waals surface area (Å²) in [7, 11) is 0. The fourth-order valence-electron chi connectivity index (χ4n) is 0.761. The van der Waals surface area contributed by atoms with Crippen LogP contribution >= 0.6 is 0 Å². The van der Waals surface area contributed by atoms with E-state index in [4.69, 9.17) is 4.74 Å². The summed E-state index contributed by atoms with van der Waals surface area (Å²) in [5.74, 6) is -0.318. The molecule has 15 heavy (non-hydrogen) atoms. The molecule has 0 saturated carbocycles. The van der Waals surface area contributed by atoms with E-state index in [1.54, 1.807) is 0 Å². The molecule has 0 saturated heterocycles. The quantitative estimate of drug-likeness (QED) is 0.362. The molecule has 0 aliphatic heterocycles. The van der Waals surface area contributed by atoms with Crippen molar-refractivity contribution < 1.29 is 9.53 Å². The minimum Gasteiger partial charge on any atom is -0.463 e. The molecular formula is C13H26O2. The zero-order chi connectivity index (χ0) is 11.9. The second-order valence-electron chi connectivity index (χ2n) is 3.43. The highest BCUT2D eigenvalue weighted by atomic mass is 16.5. The van der Waals surface area contributed by atoms with Gasteiger partial charge in [0.25, 0.3) is 0 Å². The Kier molecular flexibility index (Phi) is 17.4. The highest BCUT2D eigenvalue weighted by Crippen LogP contribution is 1.98. The molecule has 0 aromatic heterocycles. The Balaban J connectivity index is 0. The molecule has 0 radical (unpaired) electrons. The number of rotatable bonds is 7. The highest BCUT2D eigenvalue weighted by molar-refractivity contribution is 5.81. The van der Waals surface area contributed by atoms with E-state index in [-0.39, 0.29) is 5.97 Å². The summed E-state index contributed by atoms with van der Waals surface area (Å²) < 4.78 is 4.78. The topological polar surface area (TPSA) is 26.3 Å². The maximum Gasteiger partial charge on any atom is 0.330 e. The molecule has 0 bridgehead atoms. The van der Waals surface area contributed by atoms with Crippen molar-refractivity contribution in [3.63, 3.8) is 0 Å². The van der Waals surface area contributed by atoms with Crippen molar-refractivity contribution in [2.24, 2.45) is 0 Å². The number of esters is 1. The van der Waals surface area contributed by atoms with Crippen LogP contribution in [0.25, 0.3) is 0 Å². The van der Waals surface area contributed by atoms with E-state index in [0.717, 1.165) is 12.8 Å². The predicted octanol–water partition coefficient (Wildman–Crippen LogP) is 4.10. The molecule has 0 rings (SSSR count). The molecule has 0 N–H and O–H groups in total. The summed E-state index contributed by atoms with van der Waals surface area (Å²) >= 11 is 0. The van der Waals surface area contributed by atoms with Gasteiger partial charge in [0, 0.05) is 6.08 Å². The van der Waals surface area contributed by atoms with Gasteiger partial charge in [-0.1, -0.05) is 59.5 Å². The summed E-state index contributed by atoms with van der Waals surface area (Å²) in [5.41, 5.74) is 0. The van der Waals surface area contributed by atoms with Gasteiger partial charge in [0.15, 0.2) is 0 Å². The number of carbonyl (C=O) groups is 1. The monoisotopic (exact) mass is 214 g/mol. The van der Waals surface area contributed by atoms with Gasteiger partial charge in [0.1, 0.15) is 0 Å². The van der Waals surface area contributed by atoms with Crippen LogP contribution in [-0.2, 0) is 9.53 Å².